The predicted octanol–water partition coefficient (Wildman–Crippen LogP) is 1.32. The van der Waals surface area contributed by atoms with Crippen LogP contribution in [0.25, 0.3) is 27.9 Å². The van der Waals surface area contributed by atoms with E-state index >= 15 is 0 Å². The molecule has 3 N–H and O–H groups in total. The minimum Gasteiger partial charge on any atom is -0.371 e. The maximum Gasteiger partial charge on any atom is 0.240 e. The van der Waals surface area contributed by atoms with Gasteiger partial charge in [-0.1, -0.05) is 5.21 Å². The zero-order valence-corrected chi connectivity index (χ0v) is 13.0. The molecule has 0 radical (unpaired) electrons. The minimum absolute atomic E-state index is 0.0464. The van der Waals surface area contributed by atoms with Gasteiger partial charge in [-0.05, 0) is 19.1 Å². The molecule has 0 amide bonds. The van der Waals surface area contributed by atoms with Crippen LogP contribution in [-0.4, -0.2) is 41.6 Å². The van der Waals surface area contributed by atoms with Crippen molar-refractivity contribution in [2.24, 2.45) is 0 Å². The zero-order valence-electron chi connectivity index (χ0n) is 13.0. The van der Waals surface area contributed by atoms with E-state index in [2.05, 4.69) is 30.7 Å². The van der Waals surface area contributed by atoms with E-state index in [9.17, 15) is 4.39 Å². The molecule has 4 aromatic rings. The Bertz CT molecular complexity index is 1070. The van der Waals surface area contributed by atoms with E-state index in [-0.39, 0.29) is 5.95 Å². The van der Waals surface area contributed by atoms with E-state index in [1.54, 1.807) is 23.9 Å². The Labute approximate surface area is 135 Å². The van der Waals surface area contributed by atoms with Crippen LogP contribution in [0.4, 0.5) is 16.2 Å². The van der Waals surface area contributed by atoms with Crippen LogP contribution in [-0.2, 0) is 6.54 Å². The second kappa shape index (κ2) is 5.11. The summed E-state index contributed by atoms with van der Waals surface area (Å²) in [4.78, 5) is 8.64. The van der Waals surface area contributed by atoms with Crippen molar-refractivity contribution < 1.29 is 4.39 Å². The third-order valence-corrected chi connectivity index (χ3v) is 3.75. The molecule has 4 aromatic heterocycles. The number of anilines is 2. The van der Waals surface area contributed by atoms with Gasteiger partial charge >= 0.3 is 0 Å². The molecule has 0 aliphatic heterocycles. The smallest absolute Gasteiger partial charge is 0.240 e. The molecule has 24 heavy (non-hydrogen) atoms. The summed E-state index contributed by atoms with van der Waals surface area (Å²) in [6.07, 6.45) is 1.25. The van der Waals surface area contributed by atoms with Crippen LogP contribution in [0, 0.1) is 5.82 Å². The van der Waals surface area contributed by atoms with Crippen LogP contribution in [0.2, 0.25) is 0 Å². The molecule has 0 unspecified atom stereocenters. The van der Waals surface area contributed by atoms with Crippen molar-refractivity contribution in [1.82, 2.24) is 34.6 Å². The van der Waals surface area contributed by atoms with E-state index in [4.69, 9.17) is 5.73 Å². The summed E-state index contributed by atoms with van der Waals surface area (Å²) in [5.41, 5.74) is 8.11. The van der Waals surface area contributed by atoms with Gasteiger partial charge in [-0.25, -0.2) is 18.6 Å². The number of nitrogens with zero attached hydrogens (tertiary/aromatic N) is 7. The van der Waals surface area contributed by atoms with Crippen LogP contribution in [0.1, 0.15) is 6.92 Å². The van der Waals surface area contributed by atoms with E-state index in [1.165, 1.54) is 10.7 Å². The summed E-state index contributed by atoms with van der Waals surface area (Å²) in [5.74, 6) is 0.00395. The first-order valence-electron chi connectivity index (χ1n) is 7.35. The van der Waals surface area contributed by atoms with Gasteiger partial charge in [0.1, 0.15) is 11.0 Å². The number of halogens is 1. The number of nitrogens with one attached hydrogen (secondary N) is 1. The topological polar surface area (TPSA) is 112 Å². The standard InChI is InChI=1S/C14H14FN9/c1-3-23-13-9(20-22-23)5-4-8(18-13)10-7(15)6-24-11(10)12(17-2)19-14(16)21-24/h4-6H,3H2,1-2H3,(H3,16,17,19,21). The molecule has 4 rings (SSSR count). The van der Waals surface area contributed by atoms with Gasteiger partial charge < -0.3 is 11.1 Å². The van der Waals surface area contributed by atoms with Gasteiger partial charge in [-0.2, -0.15) is 4.98 Å². The van der Waals surface area contributed by atoms with Crippen molar-refractivity contribution in [3.05, 3.63) is 24.1 Å². The van der Waals surface area contributed by atoms with E-state index < -0.39 is 5.82 Å². The first-order chi connectivity index (χ1) is 11.6. The molecule has 0 fully saturated rings. The molecule has 0 spiro atoms. The number of pyridine rings is 1. The highest BCUT2D eigenvalue weighted by Gasteiger charge is 2.20. The van der Waals surface area contributed by atoms with Crippen molar-refractivity contribution in [2.75, 3.05) is 18.1 Å². The number of hydrogen-bond acceptors (Lipinski definition) is 7. The van der Waals surface area contributed by atoms with Gasteiger partial charge in [-0.3, -0.25) is 0 Å². The lowest BCUT2D eigenvalue weighted by molar-refractivity contribution is 0.627. The maximum absolute atomic E-state index is 14.6. The first kappa shape index (κ1) is 14.3. The molecule has 0 saturated carbocycles. The Morgan fingerprint density at radius 1 is 1.29 bits per heavy atom. The van der Waals surface area contributed by atoms with Crippen LogP contribution in [0.5, 0.6) is 0 Å². The summed E-state index contributed by atoms with van der Waals surface area (Å²) < 4.78 is 17.6. The Hall–Kier alpha value is -3.30. The average molecular weight is 327 g/mol. The Morgan fingerprint density at radius 2 is 2.12 bits per heavy atom. The summed E-state index contributed by atoms with van der Waals surface area (Å²) in [6, 6.07) is 3.46. The number of nitrogens with two attached hydrogens (primary N) is 1. The van der Waals surface area contributed by atoms with Crippen LogP contribution in [0.3, 0.4) is 0 Å². The molecule has 0 atom stereocenters. The van der Waals surface area contributed by atoms with Crippen molar-refractivity contribution in [2.45, 2.75) is 13.5 Å². The highest BCUT2D eigenvalue weighted by molar-refractivity contribution is 5.89. The largest absolute Gasteiger partial charge is 0.371 e. The minimum atomic E-state index is -0.464. The second-order valence-corrected chi connectivity index (χ2v) is 5.16. The predicted molar refractivity (Wildman–Crippen MR) is 86.9 cm³/mol. The number of nitrogen functional groups attached to an aromatic ring is 1. The van der Waals surface area contributed by atoms with Gasteiger partial charge in [-0.15, -0.1) is 10.2 Å². The Kier molecular flexibility index (Phi) is 3.05. The number of hydrogen-bond donors (Lipinski definition) is 2. The van der Waals surface area contributed by atoms with Crippen molar-refractivity contribution >= 4 is 28.4 Å². The zero-order chi connectivity index (χ0) is 16.8. The summed E-state index contributed by atoms with van der Waals surface area (Å²) in [7, 11) is 1.68. The first-order valence-corrected chi connectivity index (χ1v) is 7.35. The number of aromatic nitrogens is 7. The fraction of sp³-hybridized carbons (Fsp3) is 0.214. The SMILES string of the molecule is CCn1nnc2ccc(-c3c(F)cn4nc(N)nc(NC)c34)nc21. The molecule has 0 aliphatic carbocycles. The molecule has 0 saturated heterocycles. The normalized spacial score (nSPS) is 11.5. The van der Waals surface area contributed by atoms with E-state index in [1.807, 2.05) is 6.92 Å². The molecule has 0 bridgehead atoms. The lowest BCUT2D eigenvalue weighted by Crippen LogP contribution is -2.05. The number of rotatable bonds is 3. The molecule has 0 aliphatic rings. The molecule has 122 valence electrons. The monoisotopic (exact) mass is 327 g/mol. The highest BCUT2D eigenvalue weighted by atomic mass is 19.1. The van der Waals surface area contributed by atoms with Crippen LogP contribution < -0.4 is 11.1 Å². The molecule has 10 heteroatoms. The Morgan fingerprint density at radius 3 is 2.88 bits per heavy atom. The molecular formula is C14H14FN9. The number of aryl methyl sites for hydroxylation is 1. The average Bonchev–Trinajstić information content (AvgIpc) is 3.13. The van der Waals surface area contributed by atoms with Crippen molar-refractivity contribution in [3.8, 4) is 11.3 Å². The second-order valence-electron chi connectivity index (χ2n) is 5.16. The van der Waals surface area contributed by atoms with Crippen molar-refractivity contribution in [3.63, 3.8) is 0 Å². The fourth-order valence-electron chi connectivity index (χ4n) is 2.69. The van der Waals surface area contributed by atoms with Crippen molar-refractivity contribution in [1.29, 1.82) is 0 Å². The highest BCUT2D eigenvalue weighted by Crippen LogP contribution is 2.32. The summed E-state index contributed by atoms with van der Waals surface area (Å²) >= 11 is 0. The third kappa shape index (κ3) is 1.96. The van der Waals surface area contributed by atoms with Gasteiger partial charge in [0.15, 0.2) is 17.3 Å². The van der Waals surface area contributed by atoms with Gasteiger partial charge in [0.2, 0.25) is 5.95 Å². The lowest BCUT2D eigenvalue weighted by atomic mass is 10.1. The lowest BCUT2D eigenvalue weighted by Gasteiger charge is -2.06. The van der Waals surface area contributed by atoms with E-state index in [0.29, 0.717) is 40.3 Å². The van der Waals surface area contributed by atoms with Gasteiger partial charge in [0.05, 0.1) is 17.5 Å². The van der Waals surface area contributed by atoms with E-state index in [0.717, 1.165) is 0 Å². The molecule has 9 nitrogen and oxygen atoms in total. The fourth-order valence-corrected chi connectivity index (χ4v) is 2.69. The molecule has 4 heterocycles. The molecule has 0 aromatic carbocycles. The van der Waals surface area contributed by atoms with Gasteiger partial charge in [0, 0.05) is 13.6 Å². The molecular weight excluding hydrogens is 313 g/mol. The van der Waals surface area contributed by atoms with Crippen LogP contribution >= 0.6 is 0 Å². The third-order valence-electron chi connectivity index (χ3n) is 3.75. The summed E-state index contributed by atoms with van der Waals surface area (Å²) in [5, 5.41) is 15.0. The maximum atomic E-state index is 14.6. The Balaban J connectivity index is 2.04. The summed E-state index contributed by atoms with van der Waals surface area (Å²) in [6.45, 7) is 2.56. The van der Waals surface area contributed by atoms with Gasteiger partial charge in [0.25, 0.3) is 0 Å². The number of fused-ring (bicyclic) bond motifs is 2. The quantitative estimate of drug-likeness (QED) is 0.583. The van der Waals surface area contributed by atoms with Crippen LogP contribution in [0.15, 0.2) is 18.3 Å².